The topological polar surface area (TPSA) is 68.2 Å². The van der Waals surface area contributed by atoms with Crippen LogP contribution >= 0.6 is 0 Å². The van der Waals surface area contributed by atoms with Crippen molar-refractivity contribution in [2.75, 3.05) is 6.61 Å². The zero-order valence-corrected chi connectivity index (χ0v) is 10.2. The van der Waals surface area contributed by atoms with Crippen molar-refractivity contribution in [2.45, 2.75) is 56.6 Å². The Hall–Kier alpha value is -0.460. The van der Waals surface area contributed by atoms with E-state index < -0.39 is 30.2 Å². The molecule has 2 fully saturated rings. The number of hydrogen-bond donors (Lipinski definition) is 2. The van der Waals surface area contributed by atoms with E-state index in [1.54, 1.807) is 19.9 Å². The summed E-state index contributed by atoms with van der Waals surface area (Å²) in [6.07, 6.45) is -1.09. The molecule has 5 unspecified atom stereocenters. The molecule has 98 valence electrons. The summed E-state index contributed by atoms with van der Waals surface area (Å²) in [5.74, 6) is -0.753. The van der Waals surface area contributed by atoms with Gasteiger partial charge < -0.3 is 24.4 Å². The van der Waals surface area contributed by atoms with Gasteiger partial charge in [-0.05, 0) is 20.3 Å². The van der Waals surface area contributed by atoms with Gasteiger partial charge >= 0.3 is 0 Å². The van der Waals surface area contributed by atoms with Crippen molar-refractivity contribution in [3.8, 4) is 0 Å². The van der Waals surface area contributed by atoms with Crippen LogP contribution in [0.25, 0.3) is 0 Å². The lowest BCUT2D eigenvalue weighted by Crippen LogP contribution is -2.64. The average Bonchev–Trinajstić information content (AvgIpc) is 2.26. The molecule has 0 amide bonds. The molecule has 5 heteroatoms. The first-order chi connectivity index (χ1) is 7.94. The Morgan fingerprint density at radius 1 is 1.35 bits per heavy atom. The first-order valence-corrected chi connectivity index (χ1v) is 5.89. The molecule has 2 N–H and O–H groups in total. The van der Waals surface area contributed by atoms with Crippen LogP contribution in [-0.4, -0.2) is 53.1 Å². The normalized spacial score (nSPS) is 45.1. The van der Waals surface area contributed by atoms with Gasteiger partial charge in [-0.3, -0.25) is 0 Å². The van der Waals surface area contributed by atoms with Crippen LogP contribution in [-0.2, 0) is 14.2 Å². The molecular formula is C12H20O5. The van der Waals surface area contributed by atoms with Crippen LogP contribution in [0, 0.1) is 0 Å². The molecule has 5 nitrogen and oxygen atoms in total. The van der Waals surface area contributed by atoms with E-state index in [2.05, 4.69) is 6.58 Å². The minimum atomic E-state index is -0.957. The maximum absolute atomic E-state index is 10.1. The van der Waals surface area contributed by atoms with Crippen molar-refractivity contribution in [1.82, 2.24) is 0 Å². The van der Waals surface area contributed by atoms with Crippen molar-refractivity contribution < 1.29 is 24.4 Å². The Kier molecular flexibility index (Phi) is 3.56. The van der Waals surface area contributed by atoms with Gasteiger partial charge in [-0.25, -0.2) is 0 Å². The molecule has 5 atom stereocenters. The van der Waals surface area contributed by atoms with E-state index >= 15 is 0 Å². The van der Waals surface area contributed by atoms with Gasteiger partial charge in [0.2, 0.25) is 0 Å². The Bertz CT molecular complexity index is 289. The first-order valence-electron chi connectivity index (χ1n) is 5.89. The predicted molar refractivity (Wildman–Crippen MR) is 60.4 cm³/mol. The molecule has 0 aromatic heterocycles. The standard InChI is InChI=1S/C12H20O5/c1-4-5-7-9(13)10(14)11-8(16-7)6-15-12(2,3)17-11/h4,7-11,13-14H,1,5-6H2,2-3H3. The third-order valence-electron chi connectivity index (χ3n) is 3.20. The van der Waals surface area contributed by atoms with Gasteiger partial charge in [-0.2, -0.15) is 0 Å². The second-order valence-electron chi connectivity index (χ2n) is 5.01. The highest BCUT2D eigenvalue weighted by molar-refractivity contribution is 4.97. The number of aliphatic hydroxyl groups is 2. The van der Waals surface area contributed by atoms with E-state index in [1.807, 2.05) is 0 Å². The fourth-order valence-corrected chi connectivity index (χ4v) is 2.30. The molecule has 2 saturated heterocycles. The fourth-order valence-electron chi connectivity index (χ4n) is 2.30. The molecule has 17 heavy (non-hydrogen) atoms. The maximum Gasteiger partial charge on any atom is 0.163 e. The summed E-state index contributed by atoms with van der Waals surface area (Å²) in [6.45, 7) is 7.51. The van der Waals surface area contributed by atoms with Gasteiger partial charge in [0, 0.05) is 0 Å². The largest absolute Gasteiger partial charge is 0.388 e. The van der Waals surface area contributed by atoms with Crippen LogP contribution in [0.3, 0.4) is 0 Å². The summed E-state index contributed by atoms with van der Waals surface area (Å²) in [4.78, 5) is 0. The first kappa shape index (κ1) is 13.0. The Labute approximate surface area is 101 Å². The van der Waals surface area contributed by atoms with E-state index in [9.17, 15) is 10.2 Å². The number of ether oxygens (including phenoxy) is 3. The van der Waals surface area contributed by atoms with Gasteiger partial charge in [0.15, 0.2) is 5.79 Å². The molecule has 2 aliphatic heterocycles. The Morgan fingerprint density at radius 3 is 2.71 bits per heavy atom. The second kappa shape index (κ2) is 4.66. The SMILES string of the molecule is C=CCC1OC2COC(C)(C)OC2C(O)C1O. The molecule has 0 saturated carbocycles. The summed E-state index contributed by atoms with van der Waals surface area (Å²) in [5.41, 5.74) is 0. The monoisotopic (exact) mass is 244 g/mol. The predicted octanol–water partition coefficient (Wildman–Crippen LogP) is 0.203. The summed E-state index contributed by atoms with van der Waals surface area (Å²) in [5, 5.41) is 20.0. The molecule has 2 heterocycles. The highest BCUT2D eigenvalue weighted by Crippen LogP contribution is 2.33. The van der Waals surface area contributed by atoms with E-state index in [0.29, 0.717) is 13.0 Å². The number of hydrogen-bond acceptors (Lipinski definition) is 5. The molecule has 2 rings (SSSR count). The average molecular weight is 244 g/mol. The van der Waals surface area contributed by atoms with Crippen molar-refractivity contribution >= 4 is 0 Å². The molecule has 0 aliphatic carbocycles. The molecule has 0 bridgehead atoms. The lowest BCUT2D eigenvalue weighted by atomic mass is 9.92. The summed E-state index contributed by atoms with van der Waals surface area (Å²) in [6, 6.07) is 0. The van der Waals surface area contributed by atoms with Gasteiger partial charge in [0.25, 0.3) is 0 Å². The van der Waals surface area contributed by atoms with Crippen molar-refractivity contribution in [3.63, 3.8) is 0 Å². The molecule has 0 spiro atoms. The Morgan fingerprint density at radius 2 is 2.06 bits per heavy atom. The quantitative estimate of drug-likeness (QED) is 0.679. The Balaban J connectivity index is 2.10. The minimum Gasteiger partial charge on any atom is -0.388 e. The van der Waals surface area contributed by atoms with Crippen LogP contribution in [0.5, 0.6) is 0 Å². The summed E-state index contributed by atoms with van der Waals surface area (Å²) >= 11 is 0. The third kappa shape index (κ3) is 2.53. The zero-order valence-electron chi connectivity index (χ0n) is 10.2. The summed E-state index contributed by atoms with van der Waals surface area (Å²) < 4.78 is 16.8. The lowest BCUT2D eigenvalue weighted by Gasteiger charge is -2.48. The lowest BCUT2D eigenvalue weighted by molar-refractivity contribution is -0.357. The van der Waals surface area contributed by atoms with E-state index in [4.69, 9.17) is 14.2 Å². The molecule has 0 radical (unpaired) electrons. The molecule has 0 aromatic rings. The van der Waals surface area contributed by atoms with Gasteiger partial charge in [-0.15, -0.1) is 6.58 Å². The van der Waals surface area contributed by atoms with Gasteiger partial charge in [-0.1, -0.05) is 6.08 Å². The van der Waals surface area contributed by atoms with E-state index in [1.165, 1.54) is 0 Å². The minimum absolute atomic E-state index is 0.341. The highest BCUT2D eigenvalue weighted by atomic mass is 16.7. The van der Waals surface area contributed by atoms with Crippen LogP contribution in [0.2, 0.25) is 0 Å². The third-order valence-corrected chi connectivity index (χ3v) is 3.20. The molecule has 0 aromatic carbocycles. The van der Waals surface area contributed by atoms with Crippen LogP contribution in [0.15, 0.2) is 12.7 Å². The second-order valence-corrected chi connectivity index (χ2v) is 5.01. The summed E-state index contributed by atoms with van der Waals surface area (Å²) in [7, 11) is 0. The van der Waals surface area contributed by atoms with Gasteiger partial charge in [0.05, 0.1) is 12.7 Å². The number of aliphatic hydroxyl groups excluding tert-OH is 2. The highest BCUT2D eigenvalue weighted by Gasteiger charge is 2.49. The number of fused-ring (bicyclic) bond motifs is 1. The van der Waals surface area contributed by atoms with Crippen LogP contribution < -0.4 is 0 Å². The zero-order chi connectivity index (χ0) is 12.6. The van der Waals surface area contributed by atoms with Crippen molar-refractivity contribution in [3.05, 3.63) is 12.7 Å². The molecule has 2 aliphatic rings. The van der Waals surface area contributed by atoms with Crippen molar-refractivity contribution in [2.24, 2.45) is 0 Å². The van der Waals surface area contributed by atoms with E-state index in [-0.39, 0.29) is 6.10 Å². The van der Waals surface area contributed by atoms with E-state index in [0.717, 1.165) is 0 Å². The maximum atomic E-state index is 10.1. The van der Waals surface area contributed by atoms with Crippen LogP contribution in [0.4, 0.5) is 0 Å². The van der Waals surface area contributed by atoms with Crippen molar-refractivity contribution in [1.29, 1.82) is 0 Å². The van der Waals surface area contributed by atoms with Crippen LogP contribution in [0.1, 0.15) is 20.3 Å². The number of rotatable bonds is 2. The smallest absolute Gasteiger partial charge is 0.163 e. The molecular weight excluding hydrogens is 224 g/mol. The fraction of sp³-hybridized carbons (Fsp3) is 0.833. The van der Waals surface area contributed by atoms with Gasteiger partial charge in [0.1, 0.15) is 24.4 Å².